The Morgan fingerprint density at radius 1 is 1.67 bits per heavy atom. The van der Waals surface area contributed by atoms with Crippen molar-refractivity contribution in [3.05, 3.63) is 21.9 Å². The molecule has 0 aliphatic heterocycles. The number of rotatable bonds is 5. The van der Waals surface area contributed by atoms with E-state index >= 15 is 0 Å². The molecule has 2 N–H and O–H groups in total. The van der Waals surface area contributed by atoms with Crippen LogP contribution in [0.4, 0.5) is 0 Å². The lowest BCUT2D eigenvalue weighted by atomic mass is 10.2. The van der Waals surface area contributed by atoms with Crippen LogP contribution in [-0.4, -0.2) is 37.4 Å². The fraction of sp³-hybridized carbons (Fsp3) is 0.462. The Hall–Kier alpha value is -1.35. The number of hydrogen-bond donors (Lipinski definition) is 2. The van der Waals surface area contributed by atoms with Crippen molar-refractivity contribution in [2.45, 2.75) is 19.4 Å². The molecule has 1 amide bonds. The van der Waals surface area contributed by atoms with Crippen molar-refractivity contribution >= 4 is 17.2 Å². The molecular weight excluding hydrogens is 250 g/mol. The number of aliphatic hydroxyl groups is 1. The van der Waals surface area contributed by atoms with Crippen molar-refractivity contribution in [2.75, 3.05) is 20.3 Å². The van der Waals surface area contributed by atoms with E-state index < -0.39 is 0 Å². The first kappa shape index (κ1) is 14.7. The third-order valence-corrected chi connectivity index (χ3v) is 3.22. The molecule has 0 saturated heterocycles. The minimum Gasteiger partial charge on any atom is -0.385 e. The van der Waals surface area contributed by atoms with Crippen molar-refractivity contribution in [1.29, 1.82) is 0 Å². The molecule has 0 aromatic carbocycles. The van der Waals surface area contributed by atoms with E-state index in [9.17, 15) is 4.79 Å². The van der Waals surface area contributed by atoms with Crippen molar-refractivity contribution in [1.82, 2.24) is 5.32 Å². The number of nitrogens with one attached hydrogen (secondary N) is 1. The minimum absolute atomic E-state index is 0.0539. The summed E-state index contributed by atoms with van der Waals surface area (Å²) < 4.78 is 4.96. The topological polar surface area (TPSA) is 58.6 Å². The molecule has 1 aromatic rings. The monoisotopic (exact) mass is 267 g/mol. The van der Waals surface area contributed by atoms with Crippen LogP contribution in [0.1, 0.15) is 28.6 Å². The molecule has 98 valence electrons. The summed E-state index contributed by atoms with van der Waals surface area (Å²) in [6, 6.07) is 1.83. The first-order chi connectivity index (χ1) is 8.69. The SMILES string of the molecule is COCCC(C)NC(=O)c1sccc1C#CCO. The van der Waals surface area contributed by atoms with Gasteiger partial charge in [0, 0.05) is 25.3 Å². The summed E-state index contributed by atoms with van der Waals surface area (Å²) in [7, 11) is 1.64. The highest BCUT2D eigenvalue weighted by atomic mass is 32.1. The second-order valence-electron chi connectivity index (χ2n) is 3.78. The van der Waals surface area contributed by atoms with Crippen LogP contribution in [0.5, 0.6) is 0 Å². The number of carbonyl (C=O) groups excluding carboxylic acids is 1. The van der Waals surface area contributed by atoms with Gasteiger partial charge in [-0.3, -0.25) is 4.79 Å². The van der Waals surface area contributed by atoms with Crippen molar-refractivity contribution in [3.63, 3.8) is 0 Å². The molecule has 5 heteroatoms. The van der Waals surface area contributed by atoms with Crippen LogP contribution in [0, 0.1) is 11.8 Å². The zero-order chi connectivity index (χ0) is 13.4. The van der Waals surface area contributed by atoms with Gasteiger partial charge in [0.1, 0.15) is 11.5 Å². The lowest BCUT2D eigenvalue weighted by Crippen LogP contribution is -2.33. The second-order valence-corrected chi connectivity index (χ2v) is 4.70. The Balaban J connectivity index is 2.64. The van der Waals surface area contributed by atoms with Gasteiger partial charge in [-0.1, -0.05) is 11.8 Å². The van der Waals surface area contributed by atoms with Gasteiger partial charge in [-0.2, -0.15) is 0 Å². The molecule has 1 rings (SSSR count). The van der Waals surface area contributed by atoms with E-state index in [1.807, 2.05) is 12.3 Å². The van der Waals surface area contributed by atoms with E-state index in [1.165, 1.54) is 11.3 Å². The fourth-order valence-electron chi connectivity index (χ4n) is 1.37. The predicted octanol–water partition coefficient (Wildman–Crippen LogP) is 1.25. The average molecular weight is 267 g/mol. The minimum atomic E-state index is -0.207. The lowest BCUT2D eigenvalue weighted by molar-refractivity contribution is 0.0933. The molecule has 0 spiro atoms. The van der Waals surface area contributed by atoms with Crippen LogP contribution in [-0.2, 0) is 4.74 Å². The smallest absolute Gasteiger partial charge is 0.262 e. The Bertz CT molecular complexity index is 445. The highest BCUT2D eigenvalue weighted by Gasteiger charge is 2.14. The summed E-state index contributed by atoms with van der Waals surface area (Å²) in [5.74, 6) is 5.18. The van der Waals surface area contributed by atoms with Gasteiger partial charge in [0.2, 0.25) is 0 Å². The van der Waals surface area contributed by atoms with E-state index in [0.717, 1.165) is 6.42 Å². The number of carbonyl (C=O) groups is 1. The standard InChI is InChI=1S/C13H17NO3S/c1-10(5-8-17-2)14-13(16)12-11(4-3-7-15)6-9-18-12/h6,9-10,15H,5,7-8H2,1-2H3,(H,14,16). The van der Waals surface area contributed by atoms with Crippen molar-refractivity contribution in [2.24, 2.45) is 0 Å². The normalized spacial score (nSPS) is 11.5. The predicted molar refractivity (Wildman–Crippen MR) is 71.7 cm³/mol. The number of ether oxygens (including phenoxy) is 1. The third-order valence-electron chi connectivity index (χ3n) is 2.31. The number of hydrogen-bond acceptors (Lipinski definition) is 4. The lowest BCUT2D eigenvalue weighted by Gasteiger charge is -2.12. The molecule has 0 saturated carbocycles. The molecule has 1 atom stereocenters. The molecule has 1 heterocycles. The summed E-state index contributed by atoms with van der Waals surface area (Å²) in [4.78, 5) is 12.6. The molecule has 0 fully saturated rings. The maximum absolute atomic E-state index is 12.0. The summed E-state index contributed by atoms with van der Waals surface area (Å²) in [6.45, 7) is 2.34. The molecular formula is C13H17NO3S. The van der Waals surface area contributed by atoms with Gasteiger partial charge >= 0.3 is 0 Å². The van der Waals surface area contributed by atoms with Gasteiger partial charge in [-0.25, -0.2) is 0 Å². The van der Waals surface area contributed by atoms with Gasteiger partial charge < -0.3 is 15.2 Å². The summed E-state index contributed by atoms with van der Waals surface area (Å²) >= 11 is 1.35. The molecule has 18 heavy (non-hydrogen) atoms. The van der Waals surface area contributed by atoms with Gasteiger partial charge in [0.25, 0.3) is 5.91 Å². The summed E-state index contributed by atoms with van der Waals surface area (Å²) in [5, 5.41) is 13.4. The summed E-state index contributed by atoms with van der Waals surface area (Å²) in [5.41, 5.74) is 0.658. The molecule has 0 radical (unpaired) electrons. The maximum atomic E-state index is 12.0. The zero-order valence-corrected chi connectivity index (χ0v) is 11.3. The Labute approximate surface area is 111 Å². The summed E-state index contributed by atoms with van der Waals surface area (Å²) in [6.07, 6.45) is 0.769. The average Bonchev–Trinajstić information content (AvgIpc) is 2.82. The van der Waals surface area contributed by atoms with Crippen LogP contribution in [0.2, 0.25) is 0 Å². The first-order valence-corrected chi connectivity index (χ1v) is 6.54. The van der Waals surface area contributed by atoms with Crippen LogP contribution >= 0.6 is 11.3 Å². The van der Waals surface area contributed by atoms with Gasteiger partial charge in [0.15, 0.2) is 0 Å². The number of methoxy groups -OCH3 is 1. The molecule has 1 unspecified atom stereocenters. The van der Waals surface area contributed by atoms with Crippen LogP contribution in [0.3, 0.4) is 0 Å². The number of aliphatic hydroxyl groups excluding tert-OH is 1. The van der Waals surface area contributed by atoms with Crippen LogP contribution in [0.15, 0.2) is 11.4 Å². The van der Waals surface area contributed by atoms with Crippen molar-refractivity contribution in [3.8, 4) is 11.8 Å². The van der Waals surface area contributed by atoms with E-state index in [0.29, 0.717) is 17.0 Å². The Morgan fingerprint density at radius 3 is 3.11 bits per heavy atom. The van der Waals surface area contributed by atoms with E-state index in [1.54, 1.807) is 13.2 Å². The van der Waals surface area contributed by atoms with Gasteiger partial charge in [0.05, 0.1) is 0 Å². The van der Waals surface area contributed by atoms with E-state index in [2.05, 4.69) is 17.2 Å². The van der Waals surface area contributed by atoms with Gasteiger partial charge in [-0.15, -0.1) is 11.3 Å². The number of amides is 1. The molecule has 1 aromatic heterocycles. The molecule has 0 aliphatic carbocycles. The molecule has 4 nitrogen and oxygen atoms in total. The quantitative estimate of drug-likeness (QED) is 0.789. The maximum Gasteiger partial charge on any atom is 0.262 e. The third kappa shape index (κ3) is 4.49. The first-order valence-electron chi connectivity index (χ1n) is 5.66. The largest absolute Gasteiger partial charge is 0.385 e. The fourth-order valence-corrected chi connectivity index (χ4v) is 2.13. The van der Waals surface area contributed by atoms with Crippen LogP contribution in [0.25, 0.3) is 0 Å². The van der Waals surface area contributed by atoms with Crippen LogP contribution < -0.4 is 5.32 Å². The van der Waals surface area contributed by atoms with Gasteiger partial charge in [-0.05, 0) is 24.8 Å². The molecule has 0 bridgehead atoms. The molecule has 0 aliphatic rings. The van der Waals surface area contributed by atoms with E-state index in [-0.39, 0.29) is 18.6 Å². The second kappa shape index (κ2) is 7.88. The Morgan fingerprint density at radius 2 is 2.44 bits per heavy atom. The zero-order valence-electron chi connectivity index (χ0n) is 10.5. The Kier molecular flexibility index (Phi) is 6.44. The number of thiophene rings is 1. The van der Waals surface area contributed by atoms with Crippen molar-refractivity contribution < 1.29 is 14.6 Å². The highest BCUT2D eigenvalue weighted by Crippen LogP contribution is 2.15. The highest BCUT2D eigenvalue weighted by molar-refractivity contribution is 7.12. The van der Waals surface area contributed by atoms with E-state index in [4.69, 9.17) is 9.84 Å².